The second kappa shape index (κ2) is 10.5. The van der Waals surface area contributed by atoms with E-state index in [1.807, 2.05) is 64.1 Å². The molecule has 1 spiro atoms. The monoisotopic (exact) mass is 538 g/mol. The Morgan fingerprint density at radius 2 is 1.97 bits per heavy atom. The Morgan fingerprint density at radius 3 is 2.71 bits per heavy atom. The zero-order valence-corrected chi connectivity index (χ0v) is 23.4. The first-order valence-electron chi connectivity index (χ1n) is 13.8. The molecule has 2 fully saturated rings. The molecular formula is C30H38N2O5S. The smallest absolute Gasteiger partial charge is 0.311 e. The fraction of sp³-hybridized carbons (Fsp3) is 0.567. The van der Waals surface area contributed by atoms with Crippen molar-refractivity contribution in [3.05, 3.63) is 53.6 Å². The lowest BCUT2D eigenvalue weighted by atomic mass is 9.78. The summed E-state index contributed by atoms with van der Waals surface area (Å²) in [5.41, 5.74) is 2.84. The third kappa shape index (κ3) is 4.20. The van der Waals surface area contributed by atoms with Crippen LogP contribution < -0.4 is 4.90 Å². The first-order chi connectivity index (χ1) is 18.2. The van der Waals surface area contributed by atoms with E-state index in [1.165, 1.54) is 0 Å². The minimum absolute atomic E-state index is 0.0257. The maximum absolute atomic E-state index is 14.7. The van der Waals surface area contributed by atoms with Gasteiger partial charge in [-0.1, -0.05) is 56.7 Å². The minimum atomic E-state index is -0.931. The maximum Gasteiger partial charge on any atom is 0.311 e. The molecule has 7 nitrogen and oxygen atoms in total. The number of cyclic esters (lactones) is 1. The number of carbonyl (C=O) groups is 3. The van der Waals surface area contributed by atoms with Gasteiger partial charge >= 0.3 is 5.97 Å². The highest BCUT2D eigenvalue weighted by Crippen LogP contribution is 2.61. The van der Waals surface area contributed by atoms with E-state index in [0.717, 1.165) is 36.1 Å². The lowest BCUT2D eigenvalue weighted by molar-refractivity contribution is -0.153. The molecule has 5 rings (SSSR count). The van der Waals surface area contributed by atoms with E-state index < -0.39 is 28.7 Å². The topological polar surface area (TPSA) is 87.2 Å². The molecule has 0 aromatic heterocycles. The number of fused-ring (bicyclic) bond motifs is 2. The normalized spacial score (nSPS) is 33.3. The number of aryl methyl sites for hydroxylation is 2. The van der Waals surface area contributed by atoms with Crippen LogP contribution in [-0.2, 0) is 19.1 Å². The second-order valence-corrected chi connectivity index (χ2v) is 12.6. The van der Waals surface area contributed by atoms with Crippen molar-refractivity contribution in [1.82, 2.24) is 4.90 Å². The van der Waals surface area contributed by atoms with Crippen LogP contribution in [0.5, 0.6) is 0 Å². The number of esters is 1. The number of thioether (sulfide) groups is 1. The number of carbonyl (C=O) groups excluding carboxylic acids is 3. The van der Waals surface area contributed by atoms with Crippen LogP contribution in [0.15, 0.2) is 42.5 Å². The Labute approximate surface area is 229 Å². The third-order valence-corrected chi connectivity index (χ3v) is 10.5. The van der Waals surface area contributed by atoms with Crippen molar-refractivity contribution in [1.29, 1.82) is 0 Å². The Balaban J connectivity index is 1.68. The molecule has 2 saturated heterocycles. The number of ether oxygens (including phenoxy) is 1. The summed E-state index contributed by atoms with van der Waals surface area (Å²) in [7, 11) is 0. The SMILES string of the molecule is CC[C@H](C)[C@H](CO)N1C(=O)[C@@H]2[C@H]3C(=O)OCCC/C=C\[C@H]3S[C@@]23C=CCN(c2cc(C)ccc2C)C(=O)C13. The summed E-state index contributed by atoms with van der Waals surface area (Å²) in [5.74, 6) is -2.23. The summed E-state index contributed by atoms with van der Waals surface area (Å²) >= 11 is 1.54. The van der Waals surface area contributed by atoms with E-state index in [-0.39, 0.29) is 35.6 Å². The molecule has 4 aliphatic heterocycles. The first kappa shape index (κ1) is 27.0. The summed E-state index contributed by atoms with van der Waals surface area (Å²) in [6.45, 7) is 8.45. The van der Waals surface area contributed by atoms with Gasteiger partial charge in [0.1, 0.15) is 6.04 Å². The van der Waals surface area contributed by atoms with E-state index in [1.54, 1.807) is 21.6 Å². The number of aliphatic hydroxyl groups is 1. The Hall–Kier alpha value is -2.58. The van der Waals surface area contributed by atoms with Gasteiger partial charge in [0.25, 0.3) is 5.91 Å². The Kier molecular flexibility index (Phi) is 7.48. The number of amides is 2. The minimum Gasteiger partial charge on any atom is -0.465 e. The van der Waals surface area contributed by atoms with Crippen LogP contribution in [0, 0.1) is 31.6 Å². The first-order valence-corrected chi connectivity index (χ1v) is 14.6. The second-order valence-electron chi connectivity index (χ2n) is 11.1. The van der Waals surface area contributed by atoms with Crippen LogP contribution in [0.4, 0.5) is 5.69 Å². The molecule has 0 bridgehead atoms. The fourth-order valence-corrected chi connectivity index (χ4v) is 8.58. The molecule has 2 amide bonds. The Morgan fingerprint density at radius 1 is 1.18 bits per heavy atom. The molecule has 8 heteroatoms. The van der Waals surface area contributed by atoms with Crippen molar-refractivity contribution in [2.24, 2.45) is 17.8 Å². The number of rotatable bonds is 5. The van der Waals surface area contributed by atoms with Crippen molar-refractivity contribution in [3.63, 3.8) is 0 Å². The van der Waals surface area contributed by atoms with Crippen LogP contribution >= 0.6 is 11.8 Å². The predicted molar refractivity (Wildman–Crippen MR) is 149 cm³/mol. The number of hydrogen-bond donors (Lipinski definition) is 1. The number of likely N-dealkylation sites (tertiary alicyclic amines) is 1. The Bertz CT molecular complexity index is 1180. The lowest BCUT2D eigenvalue weighted by Gasteiger charge is -2.40. The van der Waals surface area contributed by atoms with E-state index in [4.69, 9.17) is 4.74 Å². The standard InChI is InChI=1S/C30H38N2O5S/c1-5-19(3)22(17-33)32-26-28(35)31(21-16-18(2)11-12-20(21)4)14-9-13-30(26)25(27(32)34)24-23(38-30)10-7-6-8-15-37-29(24)36/h7,9-13,16,19,22-26,33H,5-6,8,14-15,17H2,1-4H3/b10-7-/t19-,22-,23+,24-,25-,26?,30-/m0/s1. The van der Waals surface area contributed by atoms with Crippen molar-refractivity contribution < 1.29 is 24.2 Å². The average molecular weight is 539 g/mol. The third-order valence-electron chi connectivity index (χ3n) is 8.79. The number of benzene rings is 1. The highest BCUT2D eigenvalue weighted by Gasteiger charge is 2.72. The van der Waals surface area contributed by atoms with Gasteiger partial charge in [-0.15, -0.1) is 11.8 Å². The summed E-state index contributed by atoms with van der Waals surface area (Å²) in [4.78, 5) is 45.9. The highest BCUT2D eigenvalue weighted by atomic mass is 32.2. The molecular weight excluding hydrogens is 500 g/mol. The van der Waals surface area contributed by atoms with Gasteiger partial charge in [-0.05, 0) is 49.8 Å². The molecule has 38 heavy (non-hydrogen) atoms. The summed E-state index contributed by atoms with van der Waals surface area (Å²) < 4.78 is 4.71. The van der Waals surface area contributed by atoms with Gasteiger partial charge in [-0.2, -0.15) is 0 Å². The zero-order chi connectivity index (χ0) is 27.2. The number of nitrogens with zero attached hydrogens (tertiary/aromatic N) is 2. The zero-order valence-electron chi connectivity index (χ0n) is 22.6. The molecule has 1 aromatic carbocycles. The summed E-state index contributed by atoms with van der Waals surface area (Å²) in [6.07, 6.45) is 10.4. The predicted octanol–water partition coefficient (Wildman–Crippen LogP) is 3.80. The van der Waals surface area contributed by atoms with E-state index in [0.29, 0.717) is 13.2 Å². The van der Waals surface area contributed by atoms with Crippen LogP contribution in [-0.4, -0.2) is 69.6 Å². The fourth-order valence-electron chi connectivity index (χ4n) is 6.59. The molecule has 1 unspecified atom stereocenters. The van der Waals surface area contributed by atoms with Crippen molar-refractivity contribution in [2.45, 2.75) is 69.0 Å². The molecule has 0 aliphatic carbocycles. The summed E-state index contributed by atoms with van der Waals surface area (Å²) in [5, 5.41) is 10.3. The van der Waals surface area contributed by atoms with Crippen molar-refractivity contribution in [3.8, 4) is 0 Å². The quantitative estimate of drug-likeness (QED) is 0.453. The van der Waals surface area contributed by atoms with Crippen molar-refractivity contribution >= 4 is 35.2 Å². The van der Waals surface area contributed by atoms with Crippen LogP contribution in [0.1, 0.15) is 44.2 Å². The van der Waals surface area contributed by atoms with Crippen LogP contribution in [0.3, 0.4) is 0 Å². The maximum atomic E-state index is 14.7. The number of hydrogen-bond acceptors (Lipinski definition) is 6. The number of anilines is 1. The van der Waals surface area contributed by atoms with Gasteiger partial charge < -0.3 is 19.6 Å². The van der Waals surface area contributed by atoms with Gasteiger partial charge in [0.15, 0.2) is 0 Å². The molecule has 1 N–H and O–H groups in total. The number of allylic oxidation sites excluding steroid dienone is 1. The average Bonchev–Trinajstić information content (AvgIpc) is 3.31. The van der Waals surface area contributed by atoms with Gasteiger partial charge in [-0.3, -0.25) is 14.4 Å². The van der Waals surface area contributed by atoms with Gasteiger partial charge in [0, 0.05) is 17.5 Å². The van der Waals surface area contributed by atoms with Gasteiger partial charge in [-0.25, -0.2) is 0 Å². The van der Waals surface area contributed by atoms with Gasteiger partial charge in [0.2, 0.25) is 5.91 Å². The molecule has 4 heterocycles. The molecule has 1 aromatic rings. The molecule has 4 aliphatic rings. The van der Waals surface area contributed by atoms with Gasteiger partial charge in [0.05, 0.1) is 35.8 Å². The molecule has 0 saturated carbocycles. The van der Waals surface area contributed by atoms with E-state index >= 15 is 0 Å². The van der Waals surface area contributed by atoms with Crippen LogP contribution in [0.2, 0.25) is 0 Å². The molecule has 204 valence electrons. The van der Waals surface area contributed by atoms with E-state index in [9.17, 15) is 19.5 Å². The lowest BCUT2D eigenvalue weighted by Crippen LogP contribution is -2.58. The largest absolute Gasteiger partial charge is 0.465 e. The summed E-state index contributed by atoms with van der Waals surface area (Å²) in [6, 6.07) is 4.67. The van der Waals surface area contributed by atoms with Crippen molar-refractivity contribution in [2.75, 3.05) is 24.7 Å². The highest BCUT2D eigenvalue weighted by molar-refractivity contribution is 8.02. The van der Waals surface area contributed by atoms with Crippen LogP contribution in [0.25, 0.3) is 0 Å². The molecule has 7 atom stereocenters. The van der Waals surface area contributed by atoms with E-state index in [2.05, 4.69) is 6.08 Å². The molecule has 0 radical (unpaired) electrons. The number of aliphatic hydroxyl groups excluding tert-OH is 1.